The van der Waals surface area contributed by atoms with E-state index < -0.39 is 11.8 Å². The molecule has 0 radical (unpaired) electrons. The Morgan fingerprint density at radius 2 is 1.95 bits per heavy atom. The maximum atomic E-state index is 13.7. The van der Waals surface area contributed by atoms with Crippen LogP contribution < -0.4 is 4.74 Å². The van der Waals surface area contributed by atoms with Crippen LogP contribution in [0.15, 0.2) is 42.5 Å². The van der Waals surface area contributed by atoms with E-state index in [2.05, 4.69) is 4.74 Å². The van der Waals surface area contributed by atoms with Crippen molar-refractivity contribution in [2.45, 2.75) is 0 Å². The molecule has 0 aliphatic carbocycles. The van der Waals surface area contributed by atoms with E-state index in [1.165, 1.54) is 31.4 Å². The number of carbonyl (C=O) groups is 1. The average Bonchev–Trinajstić information content (AvgIpc) is 2.49. The monoisotopic (exact) mass is 271 g/mol. The smallest absolute Gasteiger partial charge is 0.341 e. The van der Waals surface area contributed by atoms with E-state index in [0.29, 0.717) is 0 Å². The van der Waals surface area contributed by atoms with Crippen molar-refractivity contribution in [1.82, 2.24) is 0 Å². The Morgan fingerprint density at radius 3 is 2.60 bits per heavy atom. The molecule has 0 saturated carbocycles. The molecule has 2 aromatic carbocycles. The number of para-hydroxylation sites is 1. The lowest BCUT2D eigenvalue weighted by atomic mass is 10.2. The number of hydrogen-bond donors (Lipinski definition) is 0. The molecular formula is C15H10FNO3. The first-order valence-corrected chi connectivity index (χ1v) is 5.70. The fourth-order valence-corrected chi connectivity index (χ4v) is 1.61. The van der Waals surface area contributed by atoms with Crippen molar-refractivity contribution in [2.75, 3.05) is 7.11 Å². The number of hydrogen-bond acceptors (Lipinski definition) is 4. The Kier molecular flexibility index (Phi) is 3.96. The van der Waals surface area contributed by atoms with Gasteiger partial charge in [0.2, 0.25) is 0 Å². The number of ether oxygens (including phenoxy) is 2. The van der Waals surface area contributed by atoms with Crippen LogP contribution in [0.4, 0.5) is 4.39 Å². The summed E-state index contributed by atoms with van der Waals surface area (Å²) in [7, 11) is 1.25. The second-order valence-electron chi connectivity index (χ2n) is 3.85. The number of carbonyl (C=O) groups excluding carboxylic acids is 1. The summed E-state index contributed by atoms with van der Waals surface area (Å²) in [6.07, 6.45) is 0. The molecule has 0 N–H and O–H groups in total. The second-order valence-corrected chi connectivity index (χ2v) is 3.85. The van der Waals surface area contributed by atoms with Gasteiger partial charge in [0.05, 0.1) is 18.7 Å². The molecule has 0 aromatic heterocycles. The van der Waals surface area contributed by atoms with E-state index in [1.807, 2.05) is 6.07 Å². The van der Waals surface area contributed by atoms with Crippen LogP contribution in [0, 0.1) is 17.1 Å². The molecule has 0 aliphatic heterocycles. The van der Waals surface area contributed by atoms with Crippen LogP contribution in [0.1, 0.15) is 15.9 Å². The molecule has 2 rings (SSSR count). The summed E-state index contributed by atoms with van der Waals surface area (Å²) in [6, 6.07) is 12.0. The van der Waals surface area contributed by atoms with Crippen molar-refractivity contribution in [3.05, 3.63) is 59.4 Å². The first kappa shape index (κ1) is 13.6. The van der Waals surface area contributed by atoms with E-state index in [1.54, 1.807) is 12.1 Å². The molecule has 0 spiro atoms. The molecular weight excluding hydrogens is 261 g/mol. The SMILES string of the molecule is COC(=O)c1ccccc1Oc1ccc(C#N)cc1F. The Morgan fingerprint density at radius 1 is 1.20 bits per heavy atom. The Labute approximate surface area is 115 Å². The minimum atomic E-state index is -0.677. The van der Waals surface area contributed by atoms with E-state index in [0.717, 1.165) is 6.07 Å². The van der Waals surface area contributed by atoms with Crippen molar-refractivity contribution in [3.63, 3.8) is 0 Å². The highest BCUT2D eigenvalue weighted by molar-refractivity contribution is 5.92. The minimum Gasteiger partial charge on any atom is -0.465 e. The number of nitriles is 1. The normalized spacial score (nSPS) is 9.65. The van der Waals surface area contributed by atoms with Gasteiger partial charge in [0.15, 0.2) is 11.6 Å². The first-order valence-electron chi connectivity index (χ1n) is 5.70. The molecule has 0 heterocycles. The zero-order valence-electron chi connectivity index (χ0n) is 10.6. The number of halogens is 1. The Hall–Kier alpha value is -2.87. The quantitative estimate of drug-likeness (QED) is 0.804. The lowest BCUT2D eigenvalue weighted by molar-refractivity contribution is 0.0598. The Balaban J connectivity index is 2.36. The molecule has 20 heavy (non-hydrogen) atoms. The summed E-state index contributed by atoms with van der Waals surface area (Å²) in [6.45, 7) is 0. The van der Waals surface area contributed by atoms with Gasteiger partial charge < -0.3 is 9.47 Å². The Bertz CT molecular complexity index is 692. The largest absolute Gasteiger partial charge is 0.465 e. The lowest BCUT2D eigenvalue weighted by Crippen LogP contribution is -2.03. The van der Waals surface area contributed by atoms with E-state index in [4.69, 9.17) is 10.00 Å². The van der Waals surface area contributed by atoms with Crippen LogP contribution in [0.3, 0.4) is 0 Å². The van der Waals surface area contributed by atoms with Gasteiger partial charge in [0, 0.05) is 0 Å². The highest BCUT2D eigenvalue weighted by Crippen LogP contribution is 2.28. The van der Waals surface area contributed by atoms with Gasteiger partial charge in [-0.05, 0) is 30.3 Å². The maximum Gasteiger partial charge on any atom is 0.341 e. The zero-order valence-corrected chi connectivity index (χ0v) is 10.6. The minimum absolute atomic E-state index is 0.0691. The number of esters is 1. The molecule has 0 aliphatic rings. The number of benzene rings is 2. The van der Waals surface area contributed by atoms with Crippen LogP contribution in [-0.4, -0.2) is 13.1 Å². The molecule has 0 amide bonds. The highest BCUT2D eigenvalue weighted by Gasteiger charge is 2.14. The summed E-state index contributed by atoms with van der Waals surface area (Å²) >= 11 is 0. The van der Waals surface area contributed by atoms with Crippen molar-refractivity contribution in [1.29, 1.82) is 5.26 Å². The fraction of sp³-hybridized carbons (Fsp3) is 0.0667. The topological polar surface area (TPSA) is 59.3 Å². The van der Waals surface area contributed by atoms with Gasteiger partial charge in [-0.3, -0.25) is 0 Å². The standard InChI is InChI=1S/C15H10FNO3/c1-19-15(18)11-4-2-3-5-13(11)20-14-7-6-10(9-17)8-12(14)16/h2-8H,1H3. The number of nitrogens with zero attached hydrogens (tertiary/aromatic N) is 1. The second kappa shape index (κ2) is 5.85. The third kappa shape index (κ3) is 2.75. The predicted octanol–water partition coefficient (Wildman–Crippen LogP) is 3.28. The van der Waals surface area contributed by atoms with Gasteiger partial charge >= 0.3 is 5.97 Å². The molecule has 2 aromatic rings. The molecule has 0 unspecified atom stereocenters. The maximum absolute atomic E-state index is 13.7. The van der Waals surface area contributed by atoms with E-state index in [9.17, 15) is 9.18 Å². The van der Waals surface area contributed by atoms with E-state index >= 15 is 0 Å². The van der Waals surface area contributed by atoms with Crippen molar-refractivity contribution < 1.29 is 18.7 Å². The van der Waals surface area contributed by atoms with Gasteiger partial charge in [-0.25, -0.2) is 9.18 Å². The van der Waals surface area contributed by atoms with Crippen LogP contribution in [0.5, 0.6) is 11.5 Å². The first-order chi connectivity index (χ1) is 9.65. The third-order valence-corrected chi connectivity index (χ3v) is 2.57. The van der Waals surface area contributed by atoms with Gasteiger partial charge in [-0.1, -0.05) is 12.1 Å². The van der Waals surface area contributed by atoms with Crippen molar-refractivity contribution >= 4 is 5.97 Å². The number of rotatable bonds is 3. The summed E-state index contributed by atoms with van der Waals surface area (Å²) in [5.41, 5.74) is 0.384. The van der Waals surface area contributed by atoms with Crippen LogP contribution in [0.2, 0.25) is 0 Å². The molecule has 0 atom stereocenters. The highest BCUT2D eigenvalue weighted by atomic mass is 19.1. The van der Waals surface area contributed by atoms with Crippen LogP contribution in [-0.2, 0) is 4.74 Å². The molecule has 100 valence electrons. The van der Waals surface area contributed by atoms with Gasteiger partial charge in [0.1, 0.15) is 11.3 Å². The van der Waals surface area contributed by atoms with Crippen LogP contribution >= 0.6 is 0 Å². The summed E-state index contributed by atoms with van der Waals surface area (Å²) in [5.74, 6) is -1.14. The van der Waals surface area contributed by atoms with Crippen LogP contribution in [0.25, 0.3) is 0 Å². The predicted molar refractivity (Wildman–Crippen MR) is 69.0 cm³/mol. The van der Waals surface area contributed by atoms with Crippen molar-refractivity contribution in [2.24, 2.45) is 0 Å². The molecule has 0 bridgehead atoms. The molecule has 0 saturated heterocycles. The summed E-state index contributed by atoms with van der Waals surface area (Å²) in [4.78, 5) is 11.6. The van der Waals surface area contributed by atoms with Gasteiger partial charge in [0.25, 0.3) is 0 Å². The van der Waals surface area contributed by atoms with Gasteiger partial charge in [-0.15, -0.1) is 0 Å². The molecule has 4 nitrogen and oxygen atoms in total. The lowest BCUT2D eigenvalue weighted by Gasteiger charge is -2.10. The summed E-state index contributed by atoms with van der Waals surface area (Å²) < 4.78 is 23.7. The third-order valence-electron chi connectivity index (χ3n) is 2.57. The van der Waals surface area contributed by atoms with E-state index in [-0.39, 0.29) is 22.6 Å². The zero-order chi connectivity index (χ0) is 14.5. The number of methoxy groups -OCH3 is 1. The van der Waals surface area contributed by atoms with Gasteiger partial charge in [-0.2, -0.15) is 5.26 Å². The fourth-order valence-electron chi connectivity index (χ4n) is 1.61. The molecule has 5 heteroatoms. The van der Waals surface area contributed by atoms with Crippen molar-refractivity contribution in [3.8, 4) is 17.6 Å². The summed E-state index contributed by atoms with van der Waals surface area (Å²) in [5, 5.41) is 8.67. The average molecular weight is 271 g/mol. The molecule has 0 fully saturated rings.